The second-order valence-corrected chi connectivity index (χ2v) is 9.42. The lowest BCUT2D eigenvalue weighted by Gasteiger charge is -2.63. The molecule has 2 aliphatic carbocycles. The molecule has 32 heavy (non-hydrogen) atoms. The molecule has 1 spiro atoms. The van der Waals surface area contributed by atoms with E-state index in [4.69, 9.17) is 19.2 Å². The van der Waals surface area contributed by atoms with Gasteiger partial charge in [0.1, 0.15) is 11.5 Å². The van der Waals surface area contributed by atoms with Gasteiger partial charge in [0.05, 0.1) is 20.3 Å². The Hall–Kier alpha value is -1.42. The molecular formula is C24H37IN4O3. The molecule has 0 bridgehead atoms. The van der Waals surface area contributed by atoms with Crippen LogP contribution in [0.2, 0.25) is 0 Å². The van der Waals surface area contributed by atoms with Gasteiger partial charge in [0.25, 0.3) is 0 Å². The fraction of sp³-hybridized carbons (Fsp3) is 0.708. The van der Waals surface area contributed by atoms with Gasteiger partial charge in [-0.3, -0.25) is 4.99 Å². The number of hydrogen-bond acceptors (Lipinski definition) is 5. The Bertz CT molecular complexity index is 809. The van der Waals surface area contributed by atoms with Crippen molar-refractivity contribution >= 4 is 35.6 Å². The number of benzene rings is 1. The van der Waals surface area contributed by atoms with Crippen molar-refractivity contribution in [3.63, 3.8) is 0 Å². The van der Waals surface area contributed by atoms with Crippen LogP contribution in [0.1, 0.15) is 39.0 Å². The molecule has 2 saturated carbocycles. The SMILES string of the molecule is CCN=C(NC1CCN(c2cc(OC)cc(OC)c2)C1)NC1C2CCOC2C12CCC2.I. The van der Waals surface area contributed by atoms with Crippen LogP contribution in [0.4, 0.5) is 5.69 Å². The Balaban J connectivity index is 0.00000245. The lowest BCUT2D eigenvalue weighted by Crippen LogP contribution is -2.72. The number of methoxy groups -OCH3 is 2. The van der Waals surface area contributed by atoms with Gasteiger partial charge in [0.2, 0.25) is 0 Å². The maximum atomic E-state index is 6.09. The molecule has 5 rings (SSSR count). The number of anilines is 1. The molecule has 1 aromatic rings. The molecule has 0 amide bonds. The lowest BCUT2D eigenvalue weighted by atomic mass is 9.46. The van der Waals surface area contributed by atoms with Gasteiger partial charge in [-0.15, -0.1) is 24.0 Å². The predicted octanol–water partition coefficient (Wildman–Crippen LogP) is 3.41. The minimum atomic E-state index is 0. The summed E-state index contributed by atoms with van der Waals surface area (Å²) in [4.78, 5) is 7.19. The van der Waals surface area contributed by atoms with Crippen molar-refractivity contribution in [2.75, 3.05) is 45.4 Å². The monoisotopic (exact) mass is 556 g/mol. The van der Waals surface area contributed by atoms with Crippen LogP contribution >= 0.6 is 24.0 Å². The largest absolute Gasteiger partial charge is 0.497 e. The number of nitrogens with zero attached hydrogens (tertiary/aromatic N) is 2. The summed E-state index contributed by atoms with van der Waals surface area (Å²) < 4.78 is 17.0. The predicted molar refractivity (Wildman–Crippen MR) is 138 cm³/mol. The molecule has 0 radical (unpaired) electrons. The van der Waals surface area contributed by atoms with Gasteiger partial charge < -0.3 is 29.7 Å². The fourth-order valence-corrected chi connectivity index (χ4v) is 6.18. The Morgan fingerprint density at radius 3 is 2.53 bits per heavy atom. The highest BCUT2D eigenvalue weighted by molar-refractivity contribution is 14.0. The molecule has 2 heterocycles. The lowest BCUT2D eigenvalue weighted by molar-refractivity contribution is -0.171. The Kier molecular flexibility index (Phi) is 7.29. The molecule has 0 aromatic heterocycles. The van der Waals surface area contributed by atoms with Crippen molar-refractivity contribution in [3.8, 4) is 11.5 Å². The Labute approximate surface area is 208 Å². The molecule has 4 fully saturated rings. The molecule has 2 saturated heterocycles. The highest BCUT2D eigenvalue weighted by atomic mass is 127. The maximum Gasteiger partial charge on any atom is 0.191 e. The molecule has 4 atom stereocenters. The van der Waals surface area contributed by atoms with Crippen molar-refractivity contribution in [3.05, 3.63) is 18.2 Å². The second-order valence-electron chi connectivity index (χ2n) is 9.42. The molecule has 178 valence electrons. The molecule has 1 aromatic carbocycles. The van der Waals surface area contributed by atoms with E-state index in [9.17, 15) is 0 Å². The summed E-state index contributed by atoms with van der Waals surface area (Å²) in [6.45, 7) is 5.74. The Morgan fingerprint density at radius 1 is 1.16 bits per heavy atom. The molecule has 2 aliphatic heterocycles. The highest BCUT2D eigenvalue weighted by Gasteiger charge is 2.66. The van der Waals surface area contributed by atoms with E-state index in [-0.39, 0.29) is 24.0 Å². The van der Waals surface area contributed by atoms with E-state index in [0.717, 1.165) is 55.8 Å². The van der Waals surface area contributed by atoms with Crippen molar-refractivity contribution in [2.24, 2.45) is 16.3 Å². The number of halogens is 1. The molecular weight excluding hydrogens is 519 g/mol. The van der Waals surface area contributed by atoms with Crippen LogP contribution in [0.15, 0.2) is 23.2 Å². The summed E-state index contributed by atoms with van der Waals surface area (Å²) in [6, 6.07) is 6.95. The fourth-order valence-electron chi connectivity index (χ4n) is 6.18. The normalized spacial score (nSPS) is 30.1. The van der Waals surface area contributed by atoms with Gasteiger partial charge in [-0.1, -0.05) is 6.42 Å². The zero-order valence-electron chi connectivity index (χ0n) is 19.4. The van der Waals surface area contributed by atoms with Crippen LogP contribution in [0.5, 0.6) is 11.5 Å². The molecule has 4 aliphatic rings. The summed E-state index contributed by atoms with van der Waals surface area (Å²) >= 11 is 0. The number of rotatable bonds is 6. The number of hydrogen-bond donors (Lipinski definition) is 2. The highest BCUT2D eigenvalue weighted by Crippen LogP contribution is 2.62. The zero-order chi connectivity index (χ0) is 21.4. The summed E-state index contributed by atoms with van der Waals surface area (Å²) in [5.41, 5.74) is 1.50. The third kappa shape index (κ3) is 4.13. The first-order valence-corrected chi connectivity index (χ1v) is 11.8. The number of ether oxygens (including phenoxy) is 3. The summed E-state index contributed by atoms with van der Waals surface area (Å²) in [7, 11) is 3.39. The van der Waals surface area contributed by atoms with Crippen LogP contribution in [0.25, 0.3) is 0 Å². The minimum Gasteiger partial charge on any atom is -0.497 e. The van der Waals surface area contributed by atoms with Crippen molar-refractivity contribution in [1.29, 1.82) is 0 Å². The third-order valence-electron chi connectivity index (χ3n) is 7.87. The molecule has 7 nitrogen and oxygen atoms in total. The Morgan fingerprint density at radius 2 is 1.91 bits per heavy atom. The van der Waals surface area contributed by atoms with Gasteiger partial charge in [-0.05, 0) is 32.6 Å². The van der Waals surface area contributed by atoms with Crippen LogP contribution in [-0.2, 0) is 4.74 Å². The van der Waals surface area contributed by atoms with E-state index in [2.05, 4.69) is 34.6 Å². The summed E-state index contributed by atoms with van der Waals surface area (Å²) in [5.74, 6) is 3.27. The first kappa shape index (κ1) is 23.7. The maximum absolute atomic E-state index is 6.09. The summed E-state index contributed by atoms with van der Waals surface area (Å²) in [5, 5.41) is 7.57. The van der Waals surface area contributed by atoms with E-state index in [0.29, 0.717) is 29.5 Å². The second kappa shape index (κ2) is 9.83. The zero-order valence-corrected chi connectivity index (χ0v) is 21.8. The van der Waals surface area contributed by atoms with Crippen molar-refractivity contribution < 1.29 is 14.2 Å². The van der Waals surface area contributed by atoms with Gasteiger partial charge in [0.15, 0.2) is 5.96 Å². The first-order chi connectivity index (χ1) is 15.2. The number of guanidine groups is 1. The van der Waals surface area contributed by atoms with Crippen molar-refractivity contribution in [2.45, 2.75) is 57.2 Å². The van der Waals surface area contributed by atoms with E-state index in [1.807, 2.05) is 6.07 Å². The average molecular weight is 556 g/mol. The van der Waals surface area contributed by atoms with Crippen molar-refractivity contribution in [1.82, 2.24) is 10.6 Å². The first-order valence-electron chi connectivity index (χ1n) is 11.8. The van der Waals surface area contributed by atoms with Gasteiger partial charge in [0, 0.05) is 73.5 Å². The molecule has 2 N–H and O–H groups in total. The van der Waals surface area contributed by atoms with E-state index >= 15 is 0 Å². The molecule has 4 unspecified atom stereocenters. The van der Waals surface area contributed by atoms with Crippen LogP contribution in [0.3, 0.4) is 0 Å². The van der Waals surface area contributed by atoms with Crippen LogP contribution in [0, 0.1) is 11.3 Å². The van der Waals surface area contributed by atoms with Crippen LogP contribution in [-0.4, -0.2) is 64.6 Å². The van der Waals surface area contributed by atoms with Gasteiger partial charge in [-0.25, -0.2) is 0 Å². The van der Waals surface area contributed by atoms with E-state index in [1.54, 1.807) is 14.2 Å². The summed E-state index contributed by atoms with van der Waals surface area (Å²) in [6.07, 6.45) is 6.65. The van der Waals surface area contributed by atoms with Gasteiger partial charge >= 0.3 is 0 Å². The van der Waals surface area contributed by atoms with E-state index < -0.39 is 0 Å². The number of fused-ring (bicyclic) bond motifs is 2. The molecule has 8 heteroatoms. The third-order valence-corrected chi connectivity index (χ3v) is 7.87. The standard InChI is InChI=1S/C24H36N4O3.HI/c1-4-25-23(27-21-20-7-11-31-22(20)24(21)8-5-9-24)26-16-6-10-28(15-16)17-12-18(29-2)14-19(13-17)30-3;/h12-14,16,20-22H,4-11,15H2,1-3H3,(H2,25,26,27);1H. The smallest absolute Gasteiger partial charge is 0.191 e. The van der Waals surface area contributed by atoms with Crippen LogP contribution < -0.4 is 25.0 Å². The average Bonchev–Trinajstić information content (AvgIpc) is 3.39. The minimum absolute atomic E-state index is 0. The number of nitrogens with one attached hydrogen (secondary N) is 2. The van der Waals surface area contributed by atoms with Gasteiger partial charge in [-0.2, -0.15) is 0 Å². The number of aliphatic imine (C=N–C) groups is 1. The van der Waals surface area contributed by atoms with E-state index in [1.165, 1.54) is 25.7 Å². The topological polar surface area (TPSA) is 67.4 Å². The quantitative estimate of drug-likeness (QED) is 0.318.